The van der Waals surface area contributed by atoms with Crippen molar-refractivity contribution in [3.05, 3.63) is 28.2 Å². The number of benzene rings is 1. The molecule has 0 amide bonds. The zero-order chi connectivity index (χ0) is 13.2. The lowest BCUT2D eigenvalue weighted by Gasteiger charge is -2.37. The normalized spacial score (nSPS) is 19.0. The van der Waals surface area contributed by atoms with Crippen LogP contribution in [0.4, 0.5) is 5.69 Å². The zero-order valence-electron chi connectivity index (χ0n) is 11.0. The fourth-order valence-corrected chi connectivity index (χ4v) is 3.03. The van der Waals surface area contributed by atoms with E-state index in [1.165, 1.54) is 11.3 Å². The lowest BCUT2D eigenvalue weighted by atomic mass is 9.93. The predicted molar refractivity (Wildman–Crippen MR) is 79.0 cm³/mol. The largest absolute Gasteiger partial charge is 0.390 e. The van der Waals surface area contributed by atoms with Gasteiger partial charge < -0.3 is 15.3 Å². The average molecular weight is 313 g/mol. The van der Waals surface area contributed by atoms with E-state index in [0.29, 0.717) is 0 Å². The summed E-state index contributed by atoms with van der Waals surface area (Å²) >= 11 is 3.65. The lowest BCUT2D eigenvalue weighted by molar-refractivity contribution is 0.0351. The Labute approximate surface area is 117 Å². The third-order valence-corrected chi connectivity index (χ3v) is 4.21. The molecule has 2 N–H and O–H groups in total. The van der Waals surface area contributed by atoms with Crippen LogP contribution in [0.25, 0.3) is 0 Å². The molecule has 1 aromatic carbocycles. The van der Waals surface area contributed by atoms with Gasteiger partial charge in [-0.3, -0.25) is 0 Å². The van der Waals surface area contributed by atoms with Gasteiger partial charge in [0.25, 0.3) is 0 Å². The zero-order valence-corrected chi connectivity index (χ0v) is 12.6. The van der Waals surface area contributed by atoms with Crippen molar-refractivity contribution in [2.75, 3.05) is 25.0 Å². The molecule has 0 bridgehead atoms. The Morgan fingerprint density at radius 2 is 2.06 bits per heavy atom. The molecule has 1 saturated heterocycles. The molecule has 2 rings (SSSR count). The highest BCUT2D eigenvalue weighted by Crippen LogP contribution is 2.31. The van der Waals surface area contributed by atoms with Gasteiger partial charge >= 0.3 is 0 Å². The molecule has 0 aromatic heterocycles. The number of aliphatic hydroxyl groups is 1. The fraction of sp³-hybridized carbons (Fsp3) is 0.571. The van der Waals surface area contributed by atoms with Crippen LogP contribution in [-0.4, -0.2) is 30.8 Å². The number of hydrogen-bond acceptors (Lipinski definition) is 3. The Balaban J connectivity index is 2.10. The van der Waals surface area contributed by atoms with Crippen molar-refractivity contribution in [2.45, 2.75) is 31.9 Å². The molecule has 100 valence electrons. The highest BCUT2D eigenvalue weighted by molar-refractivity contribution is 9.10. The van der Waals surface area contributed by atoms with Gasteiger partial charge in [-0.1, -0.05) is 6.07 Å². The summed E-state index contributed by atoms with van der Waals surface area (Å²) in [4.78, 5) is 2.34. The molecule has 1 aliphatic heterocycles. The second kappa shape index (κ2) is 5.59. The van der Waals surface area contributed by atoms with Crippen molar-refractivity contribution < 1.29 is 5.11 Å². The van der Waals surface area contributed by atoms with Crippen LogP contribution in [0.1, 0.15) is 25.3 Å². The summed E-state index contributed by atoms with van der Waals surface area (Å²) in [6.07, 6.45) is 1.66. The van der Waals surface area contributed by atoms with E-state index in [1.54, 1.807) is 0 Å². The van der Waals surface area contributed by atoms with E-state index in [4.69, 9.17) is 0 Å². The molecule has 0 spiro atoms. The van der Waals surface area contributed by atoms with Crippen molar-refractivity contribution in [1.29, 1.82) is 0 Å². The van der Waals surface area contributed by atoms with Crippen molar-refractivity contribution in [1.82, 2.24) is 5.32 Å². The second-order valence-corrected chi connectivity index (χ2v) is 6.15. The molecule has 0 saturated carbocycles. The molecular weight excluding hydrogens is 292 g/mol. The third kappa shape index (κ3) is 3.25. The van der Waals surface area contributed by atoms with Gasteiger partial charge in [0.1, 0.15) is 0 Å². The molecule has 1 aliphatic rings. The first-order valence-electron chi connectivity index (χ1n) is 6.42. The first kappa shape index (κ1) is 13.8. The van der Waals surface area contributed by atoms with E-state index >= 15 is 0 Å². The van der Waals surface area contributed by atoms with Crippen LogP contribution in [0.3, 0.4) is 0 Å². The molecular formula is C14H21BrN2O. The number of anilines is 1. The quantitative estimate of drug-likeness (QED) is 0.900. The third-order valence-electron chi connectivity index (χ3n) is 3.57. The Morgan fingerprint density at radius 3 is 2.61 bits per heavy atom. The SMILES string of the molecule is CNCc1ccc(N2CCC(C)(O)CC2)c(Br)c1. The standard InChI is InChI=1S/C14H21BrN2O/c1-14(18)5-7-17(8-6-14)13-4-3-11(10-16-2)9-12(13)15/h3-4,9,16,18H,5-8,10H2,1-2H3. The van der Waals surface area contributed by atoms with E-state index in [0.717, 1.165) is 36.9 Å². The van der Waals surface area contributed by atoms with Gasteiger partial charge in [-0.2, -0.15) is 0 Å². The summed E-state index contributed by atoms with van der Waals surface area (Å²) in [7, 11) is 1.95. The molecule has 1 fully saturated rings. The second-order valence-electron chi connectivity index (χ2n) is 5.30. The average Bonchev–Trinajstić information content (AvgIpc) is 2.31. The highest BCUT2D eigenvalue weighted by Gasteiger charge is 2.27. The number of rotatable bonds is 3. The molecule has 3 nitrogen and oxygen atoms in total. The summed E-state index contributed by atoms with van der Waals surface area (Å²) in [5.41, 5.74) is 2.01. The van der Waals surface area contributed by atoms with E-state index < -0.39 is 5.60 Å². The van der Waals surface area contributed by atoms with E-state index in [-0.39, 0.29) is 0 Å². The Kier molecular flexibility index (Phi) is 4.30. The smallest absolute Gasteiger partial charge is 0.0653 e. The van der Waals surface area contributed by atoms with E-state index in [1.807, 2.05) is 14.0 Å². The maximum atomic E-state index is 9.98. The van der Waals surface area contributed by atoms with E-state index in [9.17, 15) is 5.11 Å². The number of nitrogens with one attached hydrogen (secondary N) is 1. The molecule has 0 radical (unpaired) electrons. The van der Waals surface area contributed by atoms with Crippen LogP contribution < -0.4 is 10.2 Å². The van der Waals surface area contributed by atoms with Gasteiger partial charge in [-0.05, 0) is 60.4 Å². The predicted octanol–water partition coefficient (Wildman–Crippen LogP) is 2.52. The van der Waals surface area contributed by atoms with Crippen molar-refractivity contribution in [3.8, 4) is 0 Å². The molecule has 1 aromatic rings. The van der Waals surface area contributed by atoms with Crippen LogP contribution in [-0.2, 0) is 6.54 Å². The molecule has 4 heteroatoms. The summed E-state index contributed by atoms with van der Waals surface area (Å²) in [5, 5.41) is 13.1. The van der Waals surface area contributed by atoms with Gasteiger partial charge in [0.05, 0.1) is 11.3 Å². The molecule has 0 aliphatic carbocycles. The highest BCUT2D eigenvalue weighted by atomic mass is 79.9. The van der Waals surface area contributed by atoms with Crippen LogP contribution in [0.5, 0.6) is 0 Å². The van der Waals surface area contributed by atoms with Crippen molar-refractivity contribution in [2.24, 2.45) is 0 Å². The van der Waals surface area contributed by atoms with Crippen LogP contribution >= 0.6 is 15.9 Å². The van der Waals surface area contributed by atoms with Crippen molar-refractivity contribution in [3.63, 3.8) is 0 Å². The topological polar surface area (TPSA) is 35.5 Å². The summed E-state index contributed by atoms with van der Waals surface area (Å²) in [6.45, 7) is 4.64. The monoisotopic (exact) mass is 312 g/mol. The van der Waals surface area contributed by atoms with Crippen LogP contribution in [0.2, 0.25) is 0 Å². The van der Waals surface area contributed by atoms with E-state index in [2.05, 4.69) is 44.3 Å². The Morgan fingerprint density at radius 1 is 1.39 bits per heavy atom. The molecule has 0 atom stereocenters. The Bertz CT molecular complexity index is 410. The van der Waals surface area contributed by atoms with Crippen LogP contribution in [0.15, 0.2) is 22.7 Å². The maximum absolute atomic E-state index is 9.98. The van der Waals surface area contributed by atoms with Gasteiger partial charge in [0.15, 0.2) is 0 Å². The number of hydrogen-bond donors (Lipinski definition) is 2. The summed E-state index contributed by atoms with van der Waals surface area (Å²) in [5.74, 6) is 0. The molecule has 18 heavy (non-hydrogen) atoms. The Hall–Kier alpha value is -0.580. The minimum Gasteiger partial charge on any atom is -0.390 e. The minimum absolute atomic E-state index is 0.491. The maximum Gasteiger partial charge on any atom is 0.0653 e. The van der Waals surface area contributed by atoms with Crippen molar-refractivity contribution >= 4 is 21.6 Å². The van der Waals surface area contributed by atoms with Gasteiger partial charge in [0.2, 0.25) is 0 Å². The number of piperidine rings is 1. The molecule has 0 unspecified atom stereocenters. The number of nitrogens with zero attached hydrogens (tertiary/aromatic N) is 1. The summed E-state index contributed by atoms with van der Waals surface area (Å²) < 4.78 is 1.14. The van der Waals surface area contributed by atoms with Gasteiger partial charge in [-0.15, -0.1) is 0 Å². The molecule has 1 heterocycles. The van der Waals surface area contributed by atoms with Gasteiger partial charge in [0, 0.05) is 24.1 Å². The minimum atomic E-state index is -0.491. The van der Waals surface area contributed by atoms with Crippen LogP contribution in [0, 0.1) is 0 Å². The van der Waals surface area contributed by atoms with Gasteiger partial charge in [-0.25, -0.2) is 0 Å². The fourth-order valence-electron chi connectivity index (χ4n) is 2.35. The first-order valence-corrected chi connectivity index (χ1v) is 7.21. The summed E-state index contributed by atoms with van der Waals surface area (Å²) in [6, 6.07) is 6.48. The lowest BCUT2D eigenvalue weighted by Crippen LogP contribution is -2.42. The first-order chi connectivity index (χ1) is 8.52. The number of halogens is 1.